The molecule has 2 aromatic carbocycles. The number of anilines is 2. The van der Waals surface area contributed by atoms with Crippen molar-refractivity contribution in [1.82, 2.24) is 19.6 Å². The van der Waals surface area contributed by atoms with E-state index >= 15 is 0 Å². The first-order valence-corrected chi connectivity index (χ1v) is 10.3. The number of aromatic nitrogens is 4. The summed E-state index contributed by atoms with van der Waals surface area (Å²) in [6.45, 7) is 4.50. The van der Waals surface area contributed by atoms with E-state index in [1.807, 2.05) is 40.5 Å². The fraction of sp³-hybridized carbons (Fsp3) is 0.318. The quantitative estimate of drug-likeness (QED) is 0.492. The number of nitrogens with zero attached hydrogens (tertiary/aromatic N) is 6. The summed E-state index contributed by atoms with van der Waals surface area (Å²) in [6.07, 6.45) is -3.62. The van der Waals surface area contributed by atoms with Crippen LogP contribution in [0.2, 0.25) is 0 Å². The lowest BCUT2D eigenvalue weighted by atomic mass is 10.1. The lowest BCUT2D eigenvalue weighted by molar-refractivity contribution is -0.137. The summed E-state index contributed by atoms with van der Waals surface area (Å²) in [4.78, 5) is 9.04. The molecule has 0 unspecified atom stereocenters. The van der Waals surface area contributed by atoms with Crippen LogP contribution in [0, 0.1) is 0 Å². The molecule has 6 nitrogen and oxygen atoms in total. The largest absolute Gasteiger partial charge is 0.416 e. The van der Waals surface area contributed by atoms with E-state index < -0.39 is 11.7 Å². The molecule has 31 heavy (non-hydrogen) atoms. The van der Waals surface area contributed by atoms with Crippen LogP contribution in [0.1, 0.15) is 18.3 Å². The first-order valence-electron chi connectivity index (χ1n) is 10.3. The summed E-state index contributed by atoms with van der Waals surface area (Å²) in [5.74, 6) is 1.61. The lowest BCUT2D eigenvalue weighted by Crippen LogP contribution is -2.47. The maximum absolute atomic E-state index is 13.1. The van der Waals surface area contributed by atoms with E-state index in [0.29, 0.717) is 31.9 Å². The van der Waals surface area contributed by atoms with Gasteiger partial charge in [-0.15, -0.1) is 10.2 Å². The number of aryl methyl sites for hydroxylation is 1. The van der Waals surface area contributed by atoms with Gasteiger partial charge < -0.3 is 9.80 Å². The van der Waals surface area contributed by atoms with Crippen LogP contribution < -0.4 is 9.80 Å². The normalized spacial score (nSPS) is 15.2. The number of piperazine rings is 1. The zero-order valence-corrected chi connectivity index (χ0v) is 17.0. The smallest absolute Gasteiger partial charge is 0.368 e. The van der Waals surface area contributed by atoms with E-state index in [9.17, 15) is 13.2 Å². The second kappa shape index (κ2) is 7.40. The molecule has 3 heterocycles. The standard InChI is InChI=1S/C22H21F3N6/c1-2-19-27-28-20-17-8-3-4-9-18(17)26-21(31(19)20)30-12-10-29(11-13-30)16-7-5-6-15(14-16)22(23,24)25/h3-9,14H,2,10-13H2,1H3. The molecule has 0 saturated carbocycles. The number of rotatable bonds is 3. The van der Waals surface area contributed by atoms with Gasteiger partial charge in [0.15, 0.2) is 5.65 Å². The molecule has 1 aliphatic heterocycles. The maximum atomic E-state index is 13.1. The van der Waals surface area contributed by atoms with Crippen molar-refractivity contribution in [2.24, 2.45) is 0 Å². The van der Waals surface area contributed by atoms with Gasteiger partial charge in [0.1, 0.15) is 5.82 Å². The summed E-state index contributed by atoms with van der Waals surface area (Å²) in [7, 11) is 0. The number of benzene rings is 2. The van der Waals surface area contributed by atoms with Crippen LogP contribution in [-0.2, 0) is 12.6 Å². The molecule has 9 heteroatoms. The highest BCUT2D eigenvalue weighted by Crippen LogP contribution is 2.32. The van der Waals surface area contributed by atoms with Gasteiger partial charge in [-0.05, 0) is 30.3 Å². The monoisotopic (exact) mass is 426 g/mol. The van der Waals surface area contributed by atoms with Crippen LogP contribution in [0.3, 0.4) is 0 Å². The van der Waals surface area contributed by atoms with Gasteiger partial charge in [0.05, 0.1) is 11.1 Å². The number of hydrogen-bond donors (Lipinski definition) is 0. The molecule has 1 saturated heterocycles. The highest BCUT2D eigenvalue weighted by atomic mass is 19.4. The van der Waals surface area contributed by atoms with Crippen molar-refractivity contribution < 1.29 is 13.2 Å². The first kappa shape index (κ1) is 19.6. The van der Waals surface area contributed by atoms with Crippen molar-refractivity contribution in [3.05, 3.63) is 59.9 Å². The highest BCUT2D eigenvalue weighted by molar-refractivity contribution is 5.92. The Hall–Kier alpha value is -3.36. The van der Waals surface area contributed by atoms with E-state index in [1.165, 1.54) is 12.1 Å². The highest BCUT2D eigenvalue weighted by Gasteiger charge is 2.31. The molecular weight excluding hydrogens is 405 g/mol. The van der Waals surface area contributed by atoms with Crippen molar-refractivity contribution >= 4 is 28.2 Å². The van der Waals surface area contributed by atoms with Gasteiger partial charge in [0, 0.05) is 43.7 Å². The Labute approximate surface area is 176 Å². The van der Waals surface area contributed by atoms with E-state index in [-0.39, 0.29) is 0 Å². The number of halogens is 3. The number of hydrogen-bond acceptors (Lipinski definition) is 5. The average molecular weight is 426 g/mol. The zero-order valence-electron chi connectivity index (χ0n) is 17.0. The Balaban J connectivity index is 1.46. The maximum Gasteiger partial charge on any atom is 0.416 e. The van der Waals surface area contributed by atoms with Crippen LogP contribution >= 0.6 is 0 Å². The molecule has 0 N–H and O–H groups in total. The molecule has 1 aliphatic rings. The van der Waals surface area contributed by atoms with E-state index in [0.717, 1.165) is 40.8 Å². The summed E-state index contributed by atoms with van der Waals surface area (Å²) in [6, 6.07) is 13.4. The molecule has 0 amide bonds. The van der Waals surface area contributed by atoms with Crippen molar-refractivity contribution in [2.45, 2.75) is 19.5 Å². The van der Waals surface area contributed by atoms with Crippen LogP contribution in [-0.4, -0.2) is 45.8 Å². The summed E-state index contributed by atoms with van der Waals surface area (Å²) in [5.41, 5.74) is 1.59. The Kier molecular flexibility index (Phi) is 4.68. The predicted octanol–water partition coefficient (Wildman–Crippen LogP) is 4.19. The summed E-state index contributed by atoms with van der Waals surface area (Å²) >= 11 is 0. The molecule has 5 rings (SSSR count). The minimum absolute atomic E-state index is 0.588. The second-order valence-electron chi connectivity index (χ2n) is 7.58. The van der Waals surface area contributed by atoms with Gasteiger partial charge in [-0.25, -0.2) is 9.38 Å². The van der Waals surface area contributed by atoms with Gasteiger partial charge >= 0.3 is 6.18 Å². The van der Waals surface area contributed by atoms with E-state index in [4.69, 9.17) is 4.98 Å². The molecule has 0 bridgehead atoms. The molecule has 4 aromatic rings. The topological polar surface area (TPSA) is 49.6 Å². The third kappa shape index (κ3) is 3.43. The Morgan fingerprint density at radius 2 is 1.65 bits per heavy atom. The molecule has 160 valence electrons. The third-order valence-electron chi connectivity index (χ3n) is 5.71. The lowest BCUT2D eigenvalue weighted by Gasteiger charge is -2.37. The SMILES string of the molecule is CCc1nnc2c3ccccc3nc(N3CCN(c4cccc(C(F)(F)F)c4)CC3)n12. The van der Waals surface area contributed by atoms with Gasteiger partial charge in [-0.2, -0.15) is 13.2 Å². The molecular formula is C22H21F3N6. The first-order chi connectivity index (χ1) is 15.0. The third-order valence-corrected chi connectivity index (χ3v) is 5.71. The minimum Gasteiger partial charge on any atom is -0.368 e. The molecule has 0 spiro atoms. The number of alkyl halides is 3. The van der Waals surface area contributed by atoms with Gasteiger partial charge in [-0.1, -0.05) is 25.1 Å². The van der Waals surface area contributed by atoms with E-state index in [2.05, 4.69) is 15.1 Å². The molecule has 0 atom stereocenters. The van der Waals surface area contributed by atoms with Gasteiger partial charge in [-0.3, -0.25) is 0 Å². The Morgan fingerprint density at radius 1 is 0.903 bits per heavy atom. The fourth-order valence-corrected chi connectivity index (χ4v) is 4.10. The average Bonchev–Trinajstić information content (AvgIpc) is 3.23. The molecule has 0 aliphatic carbocycles. The molecule has 1 fully saturated rings. The van der Waals surface area contributed by atoms with Crippen LogP contribution in [0.25, 0.3) is 16.6 Å². The Morgan fingerprint density at radius 3 is 2.39 bits per heavy atom. The second-order valence-corrected chi connectivity index (χ2v) is 7.58. The minimum atomic E-state index is -4.34. The van der Waals surface area contributed by atoms with Crippen LogP contribution in [0.5, 0.6) is 0 Å². The van der Waals surface area contributed by atoms with E-state index in [1.54, 1.807) is 6.07 Å². The number of fused-ring (bicyclic) bond motifs is 3. The van der Waals surface area contributed by atoms with Gasteiger partial charge in [0.2, 0.25) is 5.95 Å². The molecule has 2 aromatic heterocycles. The van der Waals surface area contributed by atoms with Gasteiger partial charge in [0.25, 0.3) is 0 Å². The predicted molar refractivity (Wildman–Crippen MR) is 114 cm³/mol. The van der Waals surface area contributed by atoms with Crippen LogP contribution in [0.4, 0.5) is 24.8 Å². The fourth-order valence-electron chi connectivity index (χ4n) is 4.10. The summed E-state index contributed by atoms with van der Waals surface area (Å²) < 4.78 is 41.3. The van der Waals surface area contributed by atoms with Crippen molar-refractivity contribution in [3.63, 3.8) is 0 Å². The zero-order chi connectivity index (χ0) is 21.6. The number of para-hydroxylation sites is 1. The molecule has 0 radical (unpaired) electrons. The van der Waals surface area contributed by atoms with Crippen LogP contribution in [0.15, 0.2) is 48.5 Å². The Bertz CT molecular complexity index is 1240. The summed E-state index contributed by atoms with van der Waals surface area (Å²) in [5, 5.41) is 9.69. The van der Waals surface area contributed by atoms with Crippen molar-refractivity contribution in [2.75, 3.05) is 36.0 Å². The van der Waals surface area contributed by atoms with Crippen molar-refractivity contribution in [3.8, 4) is 0 Å². The van der Waals surface area contributed by atoms with Crippen molar-refractivity contribution in [1.29, 1.82) is 0 Å².